The van der Waals surface area contributed by atoms with Crippen LogP contribution in [-0.4, -0.2) is 19.1 Å². The predicted molar refractivity (Wildman–Crippen MR) is 81.5 cm³/mol. The molecule has 20 heavy (non-hydrogen) atoms. The topological polar surface area (TPSA) is 29.3 Å². The van der Waals surface area contributed by atoms with Gasteiger partial charge in [0, 0.05) is 18.3 Å². The van der Waals surface area contributed by atoms with Crippen molar-refractivity contribution in [3.63, 3.8) is 0 Å². The molecular formula is C17H25FN2. The van der Waals surface area contributed by atoms with Crippen LogP contribution in [0, 0.1) is 11.7 Å². The minimum atomic E-state index is -0.122. The van der Waals surface area contributed by atoms with Crippen LogP contribution < -0.4 is 10.6 Å². The van der Waals surface area contributed by atoms with E-state index in [9.17, 15) is 4.39 Å². The fourth-order valence-corrected chi connectivity index (χ4v) is 4.06. The van der Waals surface area contributed by atoms with Gasteiger partial charge in [-0.1, -0.05) is 12.8 Å². The number of hydrogen-bond donors (Lipinski definition) is 1. The molecule has 110 valence electrons. The van der Waals surface area contributed by atoms with E-state index in [1.54, 1.807) is 12.1 Å². The molecule has 2 aliphatic rings. The van der Waals surface area contributed by atoms with E-state index in [1.165, 1.54) is 38.5 Å². The molecule has 0 amide bonds. The lowest BCUT2D eigenvalue weighted by atomic mass is 9.95. The first-order valence-corrected chi connectivity index (χ1v) is 8.04. The van der Waals surface area contributed by atoms with Crippen molar-refractivity contribution in [2.45, 2.75) is 51.0 Å². The Morgan fingerprint density at radius 3 is 2.65 bits per heavy atom. The number of benzene rings is 1. The van der Waals surface area contributed by atoms with E-state index in [0.29, 0.717) is 12.6 Å². The van der Waals surface area contributed by atoms with E-state index in [-0.39, 0.29) is 5.82 Å². The molecule has 3 rings (SSSR count). The van der Waals surface area contributed by atoms with Gasteiger partial charge in [-0.3, -0.25) is 0 Å². The number of rotatable bonds is 4. The van der Waals surface area contributed by atoms with E-state index in [1.807, 2.05) is 0 Å². The zero-order chi connectivity index (χ0) is 13.9. The van der Waals surface area contributed by atoms with Crippen molar-refractivity contribution in [1.82, 2.24) is 0 Å². The van der Waals surface area contributed by atoms with Crippen molar-refractivity contribution in [2.75, 3.05) is 18.0 Å². The summed E-state index contributed by atoms with van der Waals surface area (Å²) < 4.78 is 13.8. The smallest absolute Gasteiger partial charge is 0.125 e. The van der Waals surface area contributed by atoms with Crippen LogP contribution in [0.15, 0.2) is 18.2 Å². The summed E-state index contributed by atoms with van der Waals surface area (Å²) in [6.07, 6.45) is 8.72. The van der Waals surface area contributed by atoms with Gasteiger partial charge >= 0.3 is 0 Å². The van der Waals surface area contributed by atoms with Gasteiger partial charge in [-0.15, -0.1) is 0 Å². The maximum Gasteiger partial charge on any atom is 0.125 e. The average Bonchev–Trinajstić information content (AvgIpc) is 3.09. The van der Waals surface area contributed by atoms with E-state index in [2.05, 4.69) is 11.0 Å². The molecule has 0 aromatic heterocycles. The summed E-state index contributed by atoms with van der Waals surface area (Å²) in [6.45, 7) is 1.65. The van der Waals surface area contributed by atoms with Gasteiger partial charge < -0.3 is 10.6 Å². The van der Waals surface area contributed by atoms with Gasteiger partial charge in [-0.05, 0) is 68.3 Å². The van der Waals surface area contributed by atoms with E-state index in [4.69, 9.17) is 5.73 Å². The number of nitrogens with zero attached hydrogens (tertiary/aromatic N) is 1. The van der Waals surface area contributed by atoms with Gasteiger partial charge in [0.1, 0.15) is 5.82 Å². The summed E-state index contributed by atoms with van der Waals surface area (Å²) in [5.41, 5.74) is 7.70. The Hall–Kier alpha value is -1.09. The van der Waals surface area contributed by atoms with Gasteiger partial charge in [-0.25, -0.2) is 4.39 Å². The summed E-state index contributed by atoms with van der Waals surface area (Å²) in [7, 11) is 0. The van der Waals surface area contributed by atoms with Crippen molar-refractivity contribution in [1.29, 1.82) is 0 Å². The Kier molecular flexibility index (Phi) is 4.25. The molecule has 1 unspecified atom stereocenters. The van der Waals surface area contributed by atoms with Crippen molar-refractivity contribution < 1.29 is 4.39 Å². The summed E-state index contributed by atoms with van der Waals surface area (Å²) >= 11 is 0. The highest BCUT2D eigenvalue weighted by atomic mass is 19.1. The largest absolute Gasteiger partial charge is 0.368 e. The first-order valence-electron chi connectivity index (χ1n) is 8.04. The summed E-state index contributed by atoms with van der Waals surface area (Å²) in [5.74, 6) is 0.696. The lowest BCUT2D eigenvalue weighted by molar-refractivity contribution is 0.430. The van der Waals surface area contributed by atoms with E-state index in [0.717, 1.165) is 30.1 Å². The zero-order valence-corrected chi connectivity index (χ0v) is 12.2. The van der Waals surface area contributed by atoms with Gasteiger partial charge in [0.25, 0.3) is 0 Å². The molecule has 1 heterocycles. The monoisotopic (exact) mass is 276 g/mol. The Morgan fingerprint density at radius 1 is 1.10 bits per heavy atom. The first-order chi connectivity index (χ1) is 9.78. The molecule has 1 aliphatic heterocycles. The lowest BCUT2D eigenvalue weighted by Gasteiger charge is -2.31. The quantitative estimate of drug-likeness (QED) is 0.912. The number of hydrogen-bond acceptors (Lipinski definition) is 2. The standard InChI is InChI=1S/C17H25FN2/c18-15-10-13(7-8-19)11-16(12-15)20-9-3-6-17(20)14-4-1-2-5-14/h10-12,14,17H,1-9,19H2. The summed E-state index contributed by atoms with van der Waals surface area (Å²) in [5, 5.41) is 0. The summed E-state index contributed by atoms with van der Waals surface area (Å²) in [4.78, 5) is 2.46. The zero-order valence-electron chi connectivity index (χ0n) is 12.2. The minimum Gasteiger partial charge on any atom is -0.368 e. The van der Waals surface area contributed by atoms with Crippen LogP contribution in [0.3, 0.4) is 0 Å². The molecule has 2 nitrogen and oxygen atoms in total. The molecule has 2 fully saturated rings. The highest BCUT2D eigenvalue weighted by Gasteiger charge is 2.33. The molecule has 1 saturated carbocycles. The molecule has 0 bridgehead atoms. The van der Waals surface area contributed by atoms with Crippen molar-refractivity contribution in [3.8, 4) is 0 Å². The summed E-state index contributed by atoms with van der Waals surface area (Å²) in [6, 6.07) is 6.10. The van der Waals surface area contributed by atoms with E-state index >= 15 is 0 Å². The third kappa shape index (κ3) is 2.83. The average molecular weight is 276 g/mol. The molecule has 1 saturated heterocycles. The minimum absolute atomic E-state index is 0.122. The maximum absolute atomic E-state index is 13.8. The molecule has 3 heteroatoms. The van der Waals surface area contributed by atoms with Gasteiger partial charge in [0.15, 0.2) is 0 Å². The fraction of sp³-hybridized carbons (Fsp3) is 0.647. The molecule has 1 aliphatic carbocycles. The van der Waals surface area contributed by atoms with Crippen molar-refractivity contribution in [2.24, 2.45) is 11.7 Å². The van der Waals surface area contributed by atoms with Crippen LogP contribution in [-0.2, 0) is 6.42 Å². The lowest BCUT2D eigenvalue weighted by Crippen LogP contribution is -2.34. The number of anilines is 1. The second-order valence-corrected chi connectivity index (χ2v) is 6.30. The van der Waals surface area contributed by atoms with Gasteiger partial charge in [0.2, 0.25) is 0 Å². The molecule has 2 N–H and O–H groups in total. The Morgan fingerprint density at radius 2 is 1.90 bits per heavy atom. The van der Waals surface area contributed by atoms with Crippen LogP contribution >= 0.6 is 0 Å². The molecule has 0 spiro atoms. The molecule has 1 aromatic rings. The number of nitrogens with two attached hydrogens (primary N) is 1. The second kappa shape index (κ2) is 6.13. The van der Waals surface area contributed by atoms with Crippen LogP contribution in [0.25, 0.3) is 0 Å². The molecule has 1 aromatic carbocycles. The first kappa shape index (κ1) is 13.9. The predicted octanol–water partition coefficient (Wildman–Crippen LogP) is 3.49. The third-order valence-corrected chi connectivity index (χ3v) is 4.95. The van der Waals surface area contributed by atoms with Crippen LogP contribution in [0.4, 0.5) is 10.1 Å². The second-order valence-electron chi connectivity index (χ2n) is 6.30. The van der Waals surface area contributed by atoms with Crippen LogP contribution in [0.5, 0.6) is 0 Å². The van der Waals surface area contributed by atoms with E-state index < -0.39 is 0 Å². The van der Waals surface area contributed by atoms with Gasteiger partial charge in [0.05, 0.1) is 0 Å². The van der Waals surface area contributed by atoms with Crippen molar-refractivity contribution in [3.05, 3.63) is 29.6 Å². The highest BCUT2D eigenvalue weighted by Crippen LogP contribution is 2.38. The molecule has 1 atom stereocenters. The van der Waals surface area contributed by atoms with Crippen LogP contribution in [0.1, 0.15) is 44.1 Å². The Balaban J connectivity index is 1.83. The van der Waals surface area contributed by atoms with Crippen molar-refractivity contribution >= 4 is 5.69 Å². The Labute approximate surface area is 121 Å². The third-order valence-electron chi connectivity index (χ3n) is 4.95. The Bertz CT molecular complexity index is 454. The fourth-order valence-electron chi connectivity index (χ4n) is 4.06. The van der Waals surface area contributed by atoms with Gasteiger partial charge in [-0.2, -0.15) is 0 Å². The maximum atomic E-state index is 13.8. The molecule has 0 radical (unpaired) electrons. The molecular weight excluding hydrogens is 251 g/mol. The normalized spacial score (nSPS) is 23.7. The van der Waals surface area contributed by atoms with Crippen LogP contribution in [0.2, 0.25) is 0 Å². The number of halogens is 1. The SMILES string of the molecule is NCCc1cc(F)cc(N2CCCC2C2CCCC2)c1. The highest BCUT2D eigenvalue weighted by molar-refractivity contribution is 5.51.